The van der Waals surface area contributed by atoms with Gasteiger partial charge in [0, 0.05) is 24.8 Å². The average molecular weight is 443 g/mol. The van der Waals surface area contributed by atoms with Gasteiger partial charge in [-0.2, -0.15) is 0 Å². The average Bonchev–Trinajstić information content (AvgIpc) is 3.20. The summed E-state index contributed by atoms with van der Waals surface area (Å²) in [5.41, 5.74) is 7.40. The van der Waals surface area contributed by atoms with Gasteiger partial charge in [-0.25, -0.2) is 4.79 Å². The molecule has 1 heterocycles. The van der Waals surface area contributed by atoms with Crippen molar-refractivity contribution in [3.63, 3.8) is 0 Å². The van der Waals surface area contributed by atoms with E-state index in [9.17, 15) is 9.59 Å². The van der Waals surface area contributed by atoms with E-state index in [4.69, 9.17) is 9.47 Å². The summed E-state index contributed by atoms with van der Waals surface area (Å²) in [4.78, 5) is 26.2. The van der Waals surface area contributed by atoms with Crippen molar-refractivity contribution in [1.29, 1.82) is 0 Å². The molecule has 2 atom stereocenters. The van der Waals surface area contributed by atoms with E-state index in [0.29, 0.717) is 11.1 Å². The molecule has 0 fully saturated rings. The van der Waals surface area contributed by atoms with Crippen LogP contribution in [0.2, 0.25) is 0 Å². The number of rotatable bonds is 5. The van der Waals surface area contributed by atoms with Gasteiger partial charge in [-0.1, -0.05) is 54.6 Å². The minimum Gasteiger partial charge on any atom is -0.467 e. The van der Waals surface area contributed by atoms with E-state index in [1.54, 1.807) is 13.2 Å². The van der Waals surface area contributed by atoms with Crippen LogP contribution in [-0.2, 0) is 27.2 Å². The normalized spacial score (nSPS) is 16.8. The summed E-state index contributed by atoms with van der Waals surface area (Å²) >= 11 is 0. The lowest BCUT2D eigenvalue weighted by Crippen LogP contribution is -2.35. The van der Waals surface area contributed by atoms with Crippen LogP contribution >= 0.6 is 0 Å². The number of hydrogen-bond donors (Lipinski definition) is 2. The van der Waals surface area contributed by atoms with Crippen molar-refractivity contribution >= 4 is 11.9 Å². The first-order valence-corrected chi connectivity index (χ1v) is 11.1. The molecule has 6 nitrogen and oxygen atoms in total. The molecule has 5 rings (SSSR count). The summed E-state index contributed by atoms with van der Waals surface area (Å²) in [6.07, 6.45) is 0.717. The molecule has 0 spiro atoms. The summed E-state index contributed by atoms with van der Waals surface area (Å²) in [6, 6.07) is 18.6. The highest BCUT2D eigenvalue weighted by Gasteiger charge is 2.33. The Morgan fingerprint density at radius 3 is 2.64 bits per heavy atom. The van der Waals surface area contributed by atoms with Crippen LogP contribution in [0, 0.1) is 0 Å². The first kappa shape index (κ1) is 21.4. The van der Waals surface area contributed by atoms with Gasteiger partial charge in [0.1, 0.15) is 6.10 Å². The second kappa shape index (κ2) is 8.81. The fourth-order valence-corrected chi connectivity index (χ4v) is 4.94. The number of methoxy groups -OCH3 is 2. The monoisotopic (exact) mass is 442 g/mol. The van der Waals surface area contributed by atoms with Crippen molar-refractivity contribution in [3.05, 3.63) is 94.0 Å². The van der Waals surface area contributed by atoms with Crippen LogP contribution in [0.25, 0.3) is 11.1 Å². The molecule has 1 amide bonds. The Kier molecular flexibility index (Phi) is 5.70. The lowest BCUT2D eigenvalue weighted by molar-refractivity contribution is -0.143. The fourth-order valence-electron chi connectivity index (χ4n) is 4.94. The third-order valence-electron chi connectivity index (χ3n) is 6.53. The standard InChI is InChI=1S/C27H26N2O4/c1-32-25-20-7-4-3-6-19(20)23-21(25)8-5-9-22(23)26(30)29-24(27(31)33-2)17-11-10-16-12-13-28-15-18(16)14-17/h3-11,14,24-25,28H,12-13,15H2,1-2H3,(H,29,30). The summed E-state index contributed by atoms with van der Waals surface area (Å²) in [5.74, 6) is -0.834. The Morgan fingerprint density at radius 1 is 1.00 bits per heavy atom. The predicted molar refractivity (Wildman–Crippen MR) is 125 cm³/mol. The topological polar surface area (TPSA) is 76.7 Å². The van der Waals surface area contributed by atoms with Crippen molar-refractivity contribution in [1.82, 2.24) is 10.6 Å². The summed E-state index contributed by atoms with van der Waals surface area (Å²) in [5, 5.41) is 6.27. The van der Waals surface area contributed by atoms with Gasteiger partial charge >= 0.3 is 5.97 Å². The van der Waals surface area contributed by atoms with E-state index < -0.39 is 12.0 Å². The molecular weight excluding hydrogens is 416 g/mol. The molecule has 1 aliphatic carbocycles. The highest BCUT2D eigenvalue weighted by molar-refractivity contribution is 6.04. The van der Waals surface area contributed by atoms with Gasteiger partial charge in [-0.3, -0.25) is 4.79 Å². The van der Waals surface area contributed by atoms with E-state index >= 15 is 0 Å². The number of benzene rings is 3. The van der Waals surface area contributed by atoms with Crippen LogP contribution in [0.1, 0.15) is 50.3 Å². The maximum Gasteiger partial charge on any atom is 0.333 e. The summed E-state index contributed by atoms with van der Waals surface area (Å²) < 4.78 is 10.8. The van der Waals surface area contributed by atoms with Gasteiger partial charge in [0.05, 0.1) is 7.11 Å². The largest absolute Gasteiger partial charge is 0.467 e. The zero-order valence-corrected chi connectivity index (χ0v) is 18.7. The molecule has 2 N–H and O–H groups in total. The minimum absolute atomic E-state index is 0.228. The van der Waals surface area contributed by atoms with Crippen molar-refractivity contribution < 1.29 is 19.1 Å². The van der Waals surface area contributed by atoms with E-state index in [2.05, 4.69) is 10.6 Å². The van der Waals surface area contributed by atoms with E-state index in [1.165, 1.54) is 12.7 Å². The first-order valence-electron chi connectivity index (χ1n) is 11.1. The smallest absolute Gasteiger partial charge is 0.333 e. The molecule has 33 heavy (non-hydrogen) atoms. The van der Waals surface area contributed by atoms with E-state index in [1.807, 2.05) is 54.6 Å². The minimum atomic E-state index is -0.902. The Morgan fingerprint density at radius 2 is 1.82 bits per heavy atom. The SMILES string of the molecule is COC(=O)C(NC(=O)c1cccc2c1-c1ccccc1C2OC)c1ccc2c(c1)CNCC2. The Hall–Kier alpha value is -3.48. The number of ether oxygens (including phenoxy) is 2. The van der Waals surface area contributed by atoms with Gasteiger partial charge in [0.25, 0.3) is 5.91 Å². The van der Waals surface area contributed by atoms with Gasteiger partial charge in [0.15, 0.2) is 6.04 Å². The van der Waals surface area contributed by atoms with Crippen molar-refractivity contribution in [2.24, 2.45) is 0 Å². The van der Waals surface area contributed by atoms with Crippen molar-refractivity contribution in [2.45, 2.75) is 25.1 Å². The number of hydrogen-bond acceptors (Lipinski definition) is 5. The van der Waals surface area contributed by atoms with Gasteiger partial charge < -0.3 is 20.1 Å². The first-order chi connectivity index (χ1) is 16.1. The third-order valence-corrected chi connectivity index (χ3v) is 6.53. The Balaban J connectivity index is 1.52. The Labute approximate surface area is 192 Å². The van der Waals surface area contributed by atoms with E-state index in [-0.39, 0.29) is 12.0 Å². The van der Waals surface area contributed by atoms with Gasteiger partial charge in [-0.05, 0) is 52.4 Å². The molecule has 168 valence electrons. The zero-order valence-electron chi connectivity index (χ0n) is 18.7. The van der Waals surface area contributed by atoms with Crippen LogP contribution in [0.4, 0.5) is 0 Å². The van der Waals surface area contributed by atoms with Gasteiger partial charge in [0.2, 0.25) is 0 Å². The molecular formula is C27H26N2O4. The zero-order chi connectivity index (χ0) is 22.9. The summed E-state index contributed by atoms with van der Waals surface area (Å²) in [7, 11) is 3.00. The molecule has 0 saturated heterocycles. The molecule has 6 heteroatoms. The highest BCUT2D eigenvalue weighted by Crippen LogP contribution is 2.46. The van der Waals surface area contributed by atoms with Crippen LogP contribution in [0.5, 0.6) is 0 Å². The van der Waals surface area contributed by atoms with Gasteiger partial charge in [-0.15, -0.1) is 0 Å². The van der Waals surface area contributed by atoms with Crippen LogP contribution < -0.4 is 10.6 Å². The van der Waals surface area contributed by atoms with Crippen LogP contribution in [0.15, 0.2) is 60.7 Å². The number of nitrogens with one attached hydrogen (secondary N) is 2. The molecule has 0 saturated carbocycles. The third kappa shape index (κ3) is 3.71. The number of fused-ring (bicyclic) bond motifs is 4. The second-order valence-electron chi connectivity index (χ2n) is 8.36. The lowest BCUT2D eigenvalue weighted by atomic mass is 9.95. The number of amides is 1. The molecule has 1 aliphatic heterocycles. The highest BCUT2D eigenvalue weighted by atomic mass is 16.5. The predicted octanol–water partition coefficient (Wildman–Crippen LogP) is 3.69. The Bertz CT molecular complexity index is 1240. The maximum atomic E-state index is 13.5. The maximum absolute atomic E-state index is 13.5. The van der Waals surface area contributed by atoms with Crippen molar-refractivity contribution in [2.75, 3.05) is 20.8 Å². The molecule has 0 aromatic heterocycles. The number of carbonyl (C=O) groups is 2. The molecule has 0 bridgehead atoms. The molecule has 2 unspecified atom stereocenters. The van der Waals surface area contributed by atoms with E-state index in [0.717, 1.165) is 47.3 Å². The summed E-state index contributed by atoms with van der Waals surface area (Å²) in [6.45, 7) is 1.68. The van der Waals surface area contributed by atoms with Crippen LogP contribution in [-0.4, -0.2) is 32.6 Å². The molecule has 3 aromatic rings. The fraction of sp³-hybridized carbons (Fsp3) is 0.259. The van der Waals surface area contributed by atoms with Crippen molar-refractivity contribution in [3.8, 4) is 11.1 Å². The molecule has 2 aliphatic rings. The molecule has 0 radical (unpaired) electrons. The second-order valence-corrected chi connectivity index (χ2v) is 8.36. The number of carbonyl (C=O) groups excluding carboxylic acids is 2. The number of esters is 1. The van der Waals surface area contributed by atoms with Crippen LogP contribution in [0.3, 0.4) is 0 Å². The molecule has 3 aromatic carbocycles. The quantitative estimate of drug-likeness (QED) is 0.590. The lowest BCUT2D eigenvalue weighted by Gasteiger charge is -2.22.